The van der Waals surface area contributed by atoms with Crippen LogP contribution >= 0.6 is 0 Å². The second-order valence-corrected chi connectivity index (χ2v) is 5.50. The van der Waals surface area contributed by atoms with Gasteiger partial charge in [-0.25, -0.2) is 9.97 Å². The van der Waals surface area contributed by atoms with E-state index in [2.05, 4.69) is 33.6 Å². The molecule has 0 saturated heterocycles. The number of ketones is 1. The van der Waals surface area contributed by atoms with E-state index in [0.717, 1.165) is 35.0 Å². The van der Waals surface area contributed by atoms with Gasteiger partial charge in [-0.15, -0.1) is 0 Å². The van der Waals surface area contributed by atoms with E-state index in [1.54, 1.807) is 18.5 Å². The van der Waals surface area contributed by atoms with Crippen molar-refractivity contribution in [1.29, 1.82) is 0 Å². The van der Waals surface area contributed by atoms with Crippen LogP contribution in [0.3, 0.4) is 0 Å². The first kappa shape index (κ1) is 12.3. The lowest BCUT2D eigenvalue weighted by atomic mass is 9.94. The van der Waals surface area contributed by atoms with Crippen molar-refractivity contribution in [3.8, 4) is 5.95 Å². The molecule has 0 bridgehead atoms. The van der Waals surface area contributed by atoms with Gasteiger partial charge in [0.25, 0.3) is 0 Å². The lowest BCUT2D eigenvalue weighted by Crippen LogP contribution is -2.13. The summed E-state index contributed by atoms with van der Waals surface area (Å²) in [4.78, 5) is 21.1. The van der Waals surface area contributed by atoms with Gasteiger partial charge in [0.1, 0.15) is 0 Å². The van der Waals surface area contributed by atoms with Gasteiger partial charge in [0, 0.05) is 35.5 Å². The van der Waals surface area contributed by atoms with Crippen LogP contribution in [0.4, 0.5) is 0 Å². The average Bonchev–Trinajstić information content (AvgIpc) is 2.82. The Morgan fingerprint density at radius 1 is 1.14 bits per heavy atom. The smallest absolute Gasteiger partial charge is 0.234 e. The summed E-state index contributed by atoms with van der Waals surface area (Å²) in [7, 11) is 0. The van der Waals surface area contributed by atoms with Crippen LogP contribution in [0.1, 0.15) is 34.5 Å². The molecule has 0 N–H and O–H groups in total. The van der Waals surface area contributed by atoms with E-state index in [9.17, 15) is 4.79 Å². The first-order chi connectivity index (χ1) is 10.3. The number of hydrogen-bond acceptors (Lipinski definition) is 3. The number of aromatic nitrogens is 3. The number of rotatable bonds is 1. The number of nitrogens with zero attached hydrogens (tertiary/aromatic N) is 3. The van der Waals surface area contributed by atoms with Crippen LogP contribution in [-0.4, -0.2) is 20.3 Å². The molecule has 2 aromatic heterocycles. The highest BCUT2D eigenvalue weighted by molar-refractivity contribution is 6.10. The van der Waals surface area contributed by atoms with Gasteiger partial charge in [-0.3, -0.25) is 9.36 Å². The maximum Gasteiger partial charge on any atom is 0.234 e. The summed E-state index contributed by atoms with van der Waals surface area (Å²) in [6.45, 7) is 2.06. The van der Waals surface area contributed by atoms with E-state index in [1.165, 1.54) is 5.56 Å². The number of Topliss-reactive ketones (excluding diaryl/α,β-unsaturated/α-hetero) is 1. The van der Waals surface area contributed by atoms with E-state index in [4.69, 9.17) is 0 Å². The SMILES string of the molecule is Cc1ccc2c3c(n(-c4ncccn4)c2c1)CCCC3=O. The Labute approximate surface area is 122 Å². The van der Waals surface area contributed by atoms with Crippen molar-refractivity contribution in [3.05, 3.63) is 53.5 Å². The standard InChI is InChI=1S/C17H15N3O/c1-11-6-7-12-14(10-11)20(17-18-8-3-9-19-17)13-4-2-5-15(21)16(12)13/h3,6-10H,2,4-5H2,1H3. The van der Waals surface area contributed by atoms with Crippen molar-refractivity contribution in [3.63, 3.8) is 0 Å². The molecule has 0 aliphatic heterocycles. The fraction of sp³-hybridized carbons (Fsp3) is 0.235. The van der Waals surface area contributed by atoms with Gasteiger partial charge >= 0.3 is 0 Å². The van der Waals surface area contributed by atoms with Crippen LogP contribution in [0.15, 0.2) is 36.7 Å². The fourth-order valence-electron chi connectivity index (χ4n) is 3.18. The Morgan fingerprint density at radius 2 is 1.95 bits per heavy atom. The molecule has 0 fully saturated rings. The van der Waals surface area contributed by atoms with Crippen molar-refractivity contribution in [2.75, 3.05) is 0 Å². The van der Waals surface area contributed by atoms with E-state index in [1.807, 2.05) is 6.07 Å². The molecular formula is C17H15N3O. The molecule has 104 valence electrons. The highest BCUT2D eigenvalue weighted by atomic mass is 16.1. The molecule has 0 saturated carbocycles. The Morgan fingerprint density at radius 3 is 2.76 bits per heavy atom. The first-order valence-corrected chi connectivity index (χ1v) is 7.20. The minimum absolute atomic E-state index is 0.236. The molecule has 4 heteroatoms. The summed E-state index contributed by atoms with van der Waals surface area (Å²) in [5.74, 6) is 0.879. The third-order valence-corrected chi connectivity index (χ3v) is 4.07. The number of benzene rings is 1. The van der Waals surface area contributed by atoms with Crippen LogP contribution in [0.25, 0.3) is 16.9 Å². The molecule has 1 aromatic carbocycles. The number of carbonyl (C=O) groups excluding carboxylic acids is 1. The summed E-state index contributed by atoms with van der Waals surface area (Å²) in [6, 6.07) is 8.02. The molecule has 0 amide bonds. The van der Waals surface area contributed by atoms with E-state index in [0.29, 0.717) is 12.4 Å². The molecule has 21 heavy (non-hydrogen) atoms. The fourth-order valence-corrected chi connectivity index (χ4v) is 3.18. The third-order valence-electron chi connectivity index (χ3n) is 4.07. The number of fused-ring (bicyclic) bond motifs is 3. The second kappa shape index (κ2) is 4.52. The van der Waals surface area contributed by atoms with E-state index in [-0.39, 0.29) is 5.78 Å². The van der Waals surface area contributed by atoms with Crippen LogP contribution in [0.2, 0.25) is 0 Å². The molecule has 0 unspecified atom stereocenters. The second-order valence-electron chi connectivity index (χ2n) is 5.50. The van der Waals surface area contributed by atoms with Gasteiger partial charge in [-0.2, -0.15) is 0 Å². The maximum absolute atomic E-state index is 12.4. The van der Waals surface area contributed by atoms with Crippen LogP contribution in [0.5, 0.6) is 0 Å². The summed E-state index contributed by atoms with van der Waals surface area (Å²) in [6.07, 6.45) is 5.90. The molecule has 0 spiro atoms. The zero-order valence-electron chi connectivity index (χ0n) is 11.8. The zero-order valence-corrected chi connectivity index (χ0v) is 11.8. The minimum Gasteiger partial charge on any atom is -0.294 e. The number of aryl methyl sites for hydroxylation is 1. The molecule has 2 heterocycles. The van der Waals surface area contributed by atoms with Gasteiger partial charge in [-0.1, -0.05) is 12.1 Å². The zero-order chi connectivity index (χ0) is 14.4. The van der Waals surface area contributed by atoms with Crippen molar-refractivity contribution < 1.29 is 4.79 Å². The molecule has 0 radical (unpaired) electrons. The van der Waals surface area contributed by atoms with Gasteiger partial charge < -0.3 is 0 Å². The molecule has 3 aromatic rings. The monoisotopic (exact) mass is 277 g/mol. The summed E-state index contributed by atoms with van der Waals surface area (Å²) in [5.41, 5.74) is 4.12. The Kier molecular flexibility index (Phi) is 2.64. The molecule has 4 nitrogen and oxygen atoms in total. The van der Waals surface area contributed by atoms with Crippen molar-refractivity contribution >= 4 is 16.7 Å². The van der Waals surface area contributed by atoms with E-state index < -0.39 is 0 Å². The number of hydrogen-bond donors (Lipinski definition) is 0. The summed E-state index contributed by atoms with van der Waals surface area (Å²) >= 11 is 0. The summed E-state index contributed by atoms with van der Waals surface area (Å²) in [5, 5.41) is 1.02. The lowest BCUT2D eigenvalue weighted by molar-refractivity contribution is 0.0973. The molecule has 1 aliphatic rings. The Bertz CT molecular complexity index is 849. The van der Waals surface area contributed by atoms with Gasteiger partial charge in [0.15, 0.2) is 5.78 Å². The highest BCUT2D eigenvalue weighted by Crippen LogP contribution is 2.34. The van der Waals surface area contributed by atoms with Crippen molar-refractivity contribution in [2.45, 2.75) is 26.2 Å². The molecule has 0 atom stereocenters. The predicted octanol–water partition coefficient (Wildman–Crippen LogP) is 3.25. The number of carbonyl (C=O) groups is 1. The van der Waals surface area contributed by atoms with Crippen molar-refractivity contribution in [2.24, 2.45) is 0 Å². The topological polar surface area (TPSA) is 47.8 Å². The molecule has 4 rings (SSSR count). The highest BCUT2D eigenvalue weighted by Gasteiger charge is 2.26. The lowest BCUT2D eigenvalue weighted by Gasteiger charge is -2.13. The normalized spacial score (nSPS) is 14.4. The molecular weight excluding hydrogens is 262 g/mol. The van der Waals surface area contributed by atoms with E-state index >= 15 is 0 Å². The first-order valence-electron chi connectivity index (χ1n) is 7.20. The Balaban J connectivity index is 2.14. The quantitative estimate of drug-likeness (QED) is 0.686. The average molecular weight is 277 g/mol. The van der Waals surface area contributed by atoms with Gasteiger partial charge in [0.05, 0.1) is 5.52 Å². The van der Waals surface area contributed by atoms with Crippen LogP contribution in [-0.2, 0) is 6.42 Å². The minimum atomic E-state index is 0.236. The van der Waals surface area contributed by atoms with Crippen LogP contribution < -0.4 is 0 Å². The van der Waals surface area contributed by atoms with Crippen LogP contribution in [0, 0.1) is 6.92 Å². The maximum atomic E-state index is 12.4. The third kappa shape index (κ3) is 1.79. The molecule has 1 aliphatic carbocycles. The predicted molar refractivity (Wildman–Crippen MR) is 80.9 cm³/mol. The van der Waals surface area contributed by atoms with Gasteiger partial charge in [-0.05, 0) is 37.5 Å². The Hall–Kier alpha value is -2.49. The largest absolute Gasteiger partial charge is 0.294 e. The van der Waals surface area contributed by atoms with Gasteiger partial charge in [0.2, 0.25) is 5.95 Å². The summed E-state index contributed by atoms with van der Waals surface area (Å²) < 4.78 is 2.05. The van der Waals surface area contributed by atoms with Crippen molar-refractivity contribution in [1.82, 2.24) is 14.5 Å².